The van der Waals surface area contributed by atoms with Crippen molar-refractivity contribution in [1.82, 2.24) is 19.1 Å². The predicted molar refractivity (Wildman–Crippen MR) is 76.0 cm³/mol. The number of aromatic nitrogens is 4. The molecule has 2 rings (SSSR count). The number of hydrogen-bond donors (Lipinski definition) is 1. The smallest absolute Gasteiger partial charge is 0.316 e. The molecule has 2 heterocycles. The first-order valence-corrected chi connectivity index (χ1v) is 6.35. The molecule has 1 N–H and O–H groups in total. The molecule has 7 nitrogen and oxygen atoms in total. The van der Waals surface area contributed by atoms with Crippen LogP contribution in [0.5, 0.6) is 0 Å². The van der Waals surface area contributed by atoms with Gasteiger partial charge in [0.1, 0.15) is 5.82 Å². The Hall–Kier alpha value is -2.44. The second kappa shape index (κ2) is 5.68. The summed E-state index contributed by atoms with van der Waals surface area (Å²) >= 11 is 0. The maximum absolute atomic E-state index is 11.8. The van der Waals surface area contributed by atoms with E-state index in [-0.39, 0.29) is 6.54 Å². The zero-order valence-corrected chi connectivity index (χ0v) is 11.8. The normalized spacial score (nSPS) is 10.6. The molecule has 106 valence electrons. The molecule has 0 atom stereocenters. The molecule has 0 bridgehead atoms. The summed E-state index contributed by atoms with van der Waals surface area (Å²) in [5, 5.41) is 3.11. The molecule has 0 saturated carbocycles. The van der Waals surface area contributed by atoms with Crippen LogP contribution in [0, 0.1) is 6.92 Å². The lowest BCUT2D eigenvalue weighted by atomic mass is 10.4. The highest BCUT2D eigenvalue weighted by atomic mass is 16.2. The van der Waals surface area contributed by atoms with Gasteiger partial charge < -0.3 is 14.5 Å². The molecule has 0 spiro atoms. The van der Waals surface area contributed by atoms with Crippen LogP contribution in [0.25, 0.3) is 0 Å². The average Bonchev–Trinajstić information content (AvgIpc) is 2.39. The zero-order chi connectivity index (χ0) is 14.7. The van der Waals surface area contributed by atoms with E-state index in [0.717, 1.165) is 12.2 Å². The fourth-order valence-corrected chi connectivity index (χ4v) is 1.84. The number of rotatable bonds is 4. The van der Waals surface area contributed by atoms with Crippen LogP contribution >= 0.6 is 0 Å². The number of aryl methyl sites for hydroxylation is 2. The Balaban J connectivity index is 2.37. The zero-order valence-electron chi connectivity index (χ0n) is 11.8. The van der Waals surface area contributed by atoms with Crippen LogP contribution in [0.1, 0.15) is 18.4 Å². The molecule has 0 unspecified atom stereocenters. The molecule has 7 heteroatoms. The van der Waals surface area contributed by atoms with Crippen LogP contribution in [-0.2, 0) is 13.6 Å². The van der Waals surface area contributed by atoms with Crippen molar-refractivity contribution in [3.8, 4) is 0 Å². The van der Waals surface area contributed by atoms with Gasteiger partial charge in [-0.25, -0.2) is 9.97 Å². The summed E-state index contributed by atoms with van der Waals surface area (Å²) in [5.74, 6) is 1.21. The predicted octanol–water partition coefficient (Wildman–Crippen LogP) is 0.126. The molecule has 0 aliphatic rings. The third-order valence-corrected chi connectivity index (χ3v) is 2.80. The lowest BCUT2D eigenvalue weighted by molar-refractivity contribution is 0.668. The van der Waals surface area contributed by atoms with Crippen molar-refractivity contribution in [2.75, 3.05) is 11.9 Å². The van der Waals surface area contributed by atoms with E-state index in [0.29, 0.717) is 11.6 Å². The van der Waals surface area contributed by atoms with Gasteiger partial charge in [0, 0.05) is 37.7 Å². The van der Waals surface area contributed by atoms with Gasteiger partial charge in [0.25, 0.3) is 0 Å². The minimum Gasteiger partial charge on any atom is -0.370 e. The van der Waals surface area contributed by atoms with Crippen LogP contribution < -0.4 is 16.4 Å². The van der Waals surface area contributed by atoms with Gasteiger partial charge in [-0.1, -0.05) is 0 Å². The summed E-state index contributed by atoms with van der Waals surface area (Å²) in [4.78, 5) is 32.0. The maximum Gasteiger partial charge on any atom is 0.316 e. The molecule has 20 heavy (non-hydrogen) atoms. The SMILES string of the molecule is CCNc1cc(C)nc(Cn2ccn(C)c(=O)c2=O)n1. The van der Waals surface area contributed by atoms with Gasteiger partial charge in [0.15, 0.2) is 5.82 Å². The first-order valence-electron chi connectivity index (χ1n) is 6.35. The molecule has 0 saturated heterocycles. The lowest BCUT2D eigenvalue weighted by Crippen LogP contribution is -2.39. The Bertz CT molecular complexity index is 732. The Labute approximate surface area is 115 Å². The fraction of sp³-hybridized carbons (Fsp3) is 0.385. The van der Waals surface area contributed by atoms with Crippen molar-refractivity contribution >= 4 is 5.82 Å². The Morgan fingerprint density at radius 2 is 1.95 bits per heavy atom. The second-order valence-electron chi connectivity index (χ2n) is 4.49. The van der Waals surface area contributed by atoms with Crippen LogP contribution in [0.3, 0.4) is 0 Å². The minimum atomic E-state index is -0.579. The summed E-state index contributed by atoms with van der Waals surface area (Å²) in [5.41, 5.74) is -0.333. The number of nitrogens with one attached hydrogen (secondary N) is 1. The molecule has 2 aromatic rings. The molecule has 0 fully saturated rings. The molecular formula is C13H17N5O2. The van der Waals surface area contributed by atoms with E-state index in [9.17, 15) is 9.59 Å². The Morgan fingerprint density at radius 1 is 1.20 bits per heavy atom. The Kier molecular flexibility index (Phi) is 3.97. The van der Waals surface area contributed by atoms with Crippen molar-refractivity contribution in [3.05, 3.63) is 50.7 Å². The van der Waals surface area contributed by atoms with Crippen molar-refractivity contribution < 1.29 is 0 Å². The maximum atomic E-state index is 11.8. The highest BCUT2D eigenvalue weighted by molar-refractivity contribution is 5.35. The topological polar surface area (TPSA) is 81.8 Å². The minimum absolute atomic E-state index is 0.176. The van der Waals surface area contributed by atoms with E-state index >= 15 is 0 Å². The van der Waals surface area contributed by atoms with Gasteiger partial charge in [-0.3, -0.25) is 9.59 Å². The monoisotopic (exact) mass is 275 g/mol. The third kappa shape index (κ3) is 2.93. The third-order valence-electron chi connectivity index (χ3n) is 2.80. The molecule has 2 aromatic heterocycles. The van der Waals surface area contributed by atoms with Gasteiger partial charge in [0.2, 0.25) is 0 Å². The fourth-order valence-electron chi connectivity index (χ4n) is 1.84. The van der Waals surface area contributed by atoms with E-state index in [1.54, 1.807) is 19.4 Å². The van der Waals surface area contributed by atoms with E-state index in [1.165, 1.54) is 9.13 Å². The molecule has 0 aromatic carbocycles. The molecule has 0 radical (unpaired) electrons. The summed E-state index contributed by atoms with van der Waals surface area (Å²) in [6, 6.07) is 1.83. The summed E-state index contributed by atoms with van der Waals surface area (Å²) < 4.78 is 2.56. The van der Waals surface area contributed by atoms with Gasteiger partial charge in [0.05, 0.1) is 6.54 Å². The van der Waals surface area contributed by atoms with Crippen LogP contribution in [0.4, 0.5) is 5.82 Å². The highest BCUT2D eigenvalue weighted by Crippen LogP contribution is 2.06. The van der Waals surface area contributed by atoms with Crippen LogP contribution in [0.15, 0.2) is 28.0 Å². The first-order chi connectivity index (χ1) is 9.51. The number of nitrogens with zero attached hydrogens (tertiary/aromatic N) is 4. The van der Waals surface area contributed by atoms with Gasteiger partial charge in [-0.15, -0.1) is 0 Å². The summed E-state index contributed by atoms with van der Waals surface area (Å²) in [6.45, 7) is 4.76. The molecule has 0 aliphatic carbocycles. The van der Waals surface area contributed by atoms with E-state index in [2.05, 4.69) is 15.3 Å². The van der Waals surface area contributed by atoms with E-state index < -0.39 is 11.1 Å². The largest absolute Gasteiger partial charge is 0.370 e. The van der Waals surface area contributed by atoms with Gasteiger partial charge in [-0.05, 0) is 13.8 Å². The quantitative estimate of drug-likeness (QED) is 0.802. The van der Waals surface area contributed by atoms with Crippen molar-refractivity contribution in [2.45, 2.75) is 20.4 Å². The van der Waals surface area contributed by atoms with Gasteiger partial charge >= 0.3 is 11.1 Å². The van der Waals surface area contributed by atoms with Crippen molar-refractivity contribution in [3.63, 3.8) is 0 Å². The van der Waals surface area contributed by atoms with Crippen LogP contribution in [0.2, 0.25) is 0 Å². The van der Waals surface area contributed by atoms with Gasteiger partial charge in [-0.2, -0.15) is 0 Å². The lowest BCUT2D eigenvalue weighted by Gasteiger charge is -2.08. The van der Waals surface area contributed by atoms with Crippen molar-refractivity contribution in [1.29, 1.82) is 0 Å². The van der Waals surface area contributed by atoms with E-state index in [4.69, 9.17) is 0 Å². The number of anilines is 1. The standard InChI is InChI=1S/C13H17N5O2/c1-4-14-10-7-9(2)15-11(16-10)8-18-6-5-17(3)12(19)13(18)20/h5-7H,4,8H2,1-3H3,(H,14,15,16). The first kappa shape index (κ1) is 14.0. The van der Waals surface area contributed by atoms with Crippen LogP contribution in [-0.4, -0.2) is 25.6 Å². The molecule has 0 amide bonds. The highest BCUT2D eigenvalue weighted by Gasteiger charge is 2.06. The molecule has 0 aliphatic heterocycles. The van der Waals surface area contributed by atoms with Crippen molar-refractivity contribution in [2.24, 2.45) is 7.05 Å². The summed E-state index contributed by atoms with van der Waals surface area (Å²) in [6.07, 6.45) is 3.10. The average molecular weight is 275 g/mol. The summed E-state index contributed by atoms with van der Waals surface area (Å²) in [7, 11) is 1.54. The Morgan fingerprint density at radius 3 is 2.65 bits per heavy atom. The second-order valence-corrected chi connectivity index (χ2v) is 4.49. The number of hydrogen-bond acceptors (Lipinski definition) is 5. The molecular weight excluding hydrogens is 258 g/mol. The van der Waals surface area contributed by atoms with E-state index in [1.807, 2.05) is 19.9 Å².